The monoisotopic (exact) mass is 275 g/mol. The first-order chi connectivity index (χ1) is 8.36. The highest BCUT2D eigenvalue weighted by Crippen LogP contribution is 2.35. The summed E-state index contributed by atoms with van der Waals surface area (Å²) >= 11 is 0. The predicted octanol–water partition coefficient (Wildman–Crippen LogP) is 0.0772. The molecule has 2 aliphatic rings. The van der Waals surface area contributed by atoms with Gasteiger partial charge >= 0.3 is 5.97 Å². The van der Waals surface area contributed by atoms with E-state index < -0.39 is 38.3 Å². The van der Waals surface area contributed by atoms with Crippen LogP contribution in [0.5, 0.6) is 0 Å². The minimum Gasteiger partial charge on any atom is -0.480 e. The Morgan fingerprint density at radius 1 is 1.22 bits per heavy atom. The Kier molecular flexibility index (Phi) is 3.35. The Balaban J connectivity index is 1.93. The van der Waals surface area contributed by atoms with E-state index in [2.05, 4.69) is 5.32 Å². The molecule has 0 aromatic heterocycles. The van der Waals surface area contributed by atoms with E-state index in [0.717, 1.165) is 12.8 Å². The van der Waals surface area contributed by atoms with Crippen molar-refractivity contribution in [2.75, 3.05) is 5.75 Å². The molecule has 1 amide bonds. The highest BCUT2D eigenvalue weighted by atomic mass is 32.2. The number of nitrogens with one attached hydrogen (secondary N) is 1. The van der Waals surface area contributed by atoms with Crippen molar-refractivity contribution in [3.63, 3.8) is 0 Å². The standard InChI is InChI=1S/C11H17NO5S/c13-9(12-11(5-6-11)10(14)15)7-18(16,17)8-3-1-2-4-8/h8H,1-7H2,(H,12,13)(H,14,15). The third-order valence-electron chi connectivity index (χ3n) is 3.68. The van der Waals surface area contributed by atoms with Gasteiger partial charge in [-0.2, -0.15) is 0 Å². The van der Waals surface area contributed by atoms with Gasteiger partial charge in [0.15, 0.2) is 9.84 Å². The van der Waals surface area contributed by atoms with Crippen LogP contribution in [0.2, 0.25) is 0 Å². The van der Waals surface area contributed by atoms with Crippen molar-refractivity contribution in [3.8, 4) is 0 Å². The minimum atomic E-state index is -3.43. The van der Waals surface area contributed by atoms with Crippen molar-refractivity contribution in [1.29, 1.82) is 0 Å². The average molecular weight is 275 g/mol. The number of carbonyl (C=O) groups excluding carboxylic acids is 1. The molecule has 0 unspecified atom stereocenters. The zero-order chi connectivity index (χ0) is 13.4. The molecular formula is C11H17NO5S. The normalized spacial score (nSPS) is 22.7. The molecule has 0 aliphatic heterocycles. The highest BCUT2D eigenvalue weighted by Gasteiger charge is 2.52. The van der Waals surface area contributed by atoms with Crippen molar-refractivity contribution in [1.82, 2.24) is 5.32 Å². The zero-order valence-corrected chi connectivity index (χ0v) is 10.8. The lowest BCUT2D eigenvalue weighted by molar-refractivity contribution is -0.142. The molecule has 0 bridgehead atoms. The summed E-state index contributed by atoms with van der Waals surface area (Å²) in [6, 6.07) is 0. The van der Waals surface area contributed by atoms with Crippen LogP contribution < -0.4 is 5.32 Å². The quantitative estimate of drug-likeness (QED) is 0.740. The Morgan fingerprint density at radius 2 is 1.78 bits per heavy atom. The summed E-state index contributed by atoms with van der Waals surface area (Å²) in [5.41, 5.74) is -1.21. The molecule has 7 heteroatoms. The number of rotatable bonds is 5. The van der Waals surface area contributed by atoms with Crippen molar-refractivity contribution < 1.29 is 23.1 Å². The second kappa shape index (κ2) is 4.53. The van der Waals surface area contributed by atoms with Crippen LogP contribution in [0, 0.1) is 0 Å². The maximum atomic E-state index is 11.9. The number of carbonyl (C=O) groups is 2. The van der Waals surface area contributed by atoms with Crippen LogP contribution >= 0.6 is 0 Å². The molecule has 0 aromatic carbocycles. The fourth-order valence-electron chi connectivity index (χ4n) is 2.37. The molecule has 0 spiro atoms. The summed E-state index contributed by atoms with van der Waals surface area (Å²) in [4.78, 5) is 22.5. The van der Waals surface area contributed by atoms with E-state index in [1.807, 2.05) is 0 Å². The van der Waals surface area contributed by atoms with Gasteiger partial charge < -0.3 is 10.4 Å². The van der Waals surface area contributed by atoms with E-state index in [9.17, 15) is 18.0 Å². The Hall–Kier alpha value is -1.11. The SMILES string of the molecule is O=C(CS(=O)(=O)C1CCCC1)NC1(C(=O)O)CC1. The number of amides is 1. The topological polar surface area (TPSA) is 101 Å². The van der Waals surface area contributed by atoms with Crippen LogP contribution in [-0.4, -0.2) is 41.9 Å². The van der Waals surface area contributed by atoms with Gasteiger partial charge in [0.25, 0.3) is 0 Å². The van der Waals surface area contributed by atoms with Gasteiger partial charge in [0.2, 0.25) is 5.91 Å². The largest absolute Gasteiger partial charge is 0.480 e. The minimum absolute atomic E-state index is 0.373. The smallest absolute Gasteiger partial charge is 0.329 e. The molecular weight excluding hydrogens is 258 g/mol. The summed E-state index contributed by atoms with van der Waals surface area (Å²) in [6.07, 6.45) is 3.73. The molecule has 2 rings (SSSR count). The third-order valence-corrected chi connectivity index (χ3v) is 5.83. The number of carboxylic acids is 1. The van der Waals surface area contributed by atoms with Gasteiger partial charge in [0, 0.05) is 0 Å². The Bertz CT molecular complexity index is 460. The zero-order valence-electron chi connectivity index (χ0n) is 10.0. The van der Waals surface area contributed by atoms with Crippen molar-refractivity contribution in [2.24, 2.45) is 0 Å². The number of hydrogen-bond acceptors (Lipinski definition) is 4. The third kappa shape index (κ3) is 2.66. The lowest BCUT2D eigenvalue weighted by atomic mass is 10.3. The molecule has 102 valence electrons. The van der Waals surface area contributed by atoms with Crippen LogP contribution in [0.4, 0.5) is 0 Å². The number of hydrogen-bond donors (Lipinski definition) is 2. The fourth-order valence-corrected chi connectivity index (χ4v) is 4.09. The van der Waals surface area contributed by atoms with E-state index in [-0.39, 0.29) is 0 Å². The Morgan fingerprint density at radius 3 is 2.22 bits per heavy atom. The molecule has 2 fully saturated rings. The molecule has 0 atom stereocenters. The number of sulfone groups is 1. The highest BCUT2D eigenvalue weighted by molar-refractivity contribution is 7.92. The summed E-state index contributed by atoms with van der Waals surface area (Å²) in [6.45, 7) is 0. The second-order valence-corrected chi connectivity index (χ2v) is 7.43. The van der Waals surface area contributed by atoms with E-state index in [1.54, 1.807) is 0 Å². The molecule has 2 N–H and O–H groups in total. The van der Waals surface area contributed by atoms with Crippen molar-refractivity contribution in [3.05, 3.63) is 0 Å². The molecule has 6 nitrogen and oxygen atoms in total. The van der Waals surface area contributed by atoms with Crippen LogP contribution in [0.25, 0.3) is 0 Å². The lowest BCUT2D eigenvalue weighted by Gasteiger charge is -2.14. The average Bonchev–Trinajstić information content (AvgIpc) is 2.82. The van der Waals surface area contributed by atoms with Gasteiger partial charge in [-0.05, 0) is 25.7 Å². The number of carboxylic acid groups (broad SMARTS) is 1. The maximum absolute atomic E-state index is 11.9. The van der Waals surface area contributed by atoms with Gasteiger partial charge in [-0.15, -0.1) is 0 Å². The van der Waals surface area contributed by atoms with Gasteiger partial charge in [-0.3, -0.25) is 4.79 Å². The maximum Gasteiger partial charge on any atom is 0.329 e. The second-order valence-electron chi connectivity index (χ2n) is 5.15. The van der Waals surface area contributed by atoms with Crippen molar-refractivity contribution in [2.45, 2.75) is 49.3 Å². The molecule has 0 aromatic rings. The van der Waals surface area contributed by atoms with E-state index >= 15 is 0 Å². The lowest BCUT2D eigenvalue weighted by Crippen LogP contribution is -2.46. The van der Waals surface area contributed by atoms with Gasteiger partial charge in [0.05, 0.1) is 5.25 Å². The first-order valence-corrected chi connectivity index (χ1v) is 7.83. The van der Waals surface area contributed by atoms with Crippen LogP contribution in [0.1, 0.15) is 38.5 Å². The predicted molar refractivity (Wildman–Crippen MR) is 63.8 cm³/mol. The summed E-state index contributed by atoms with van der Waals surface area (Å²) in [5.74, 6) is -2.37. The van der Waals surface area contributed by atoms with Crippen LogP contribution in [-0.2, 0) is 19.4 Å². The van der Waals surface area contributed by atoms with E-state index in [1.165, 1.54) is 0 Å². The summed E-state index contributed by atoms with van der Waals surface area (Å²) < 4.78 is 23.8. The first kappa shape index (κ1) is 13.3. The van der Waals surface area contributed by atoms with Gasteiger partial charge in [-0.1, -0.05) is 12.8 Å². The molecule has 18 heavy (non-hydrogen) atoms. The van der Waals surface area contributed by atoms with Crippen LogP contribution in [0.15, 0.2) is 0 Å². The van der Waals surface area contributed by atoms with Gasteiger partial charge in [-0.25, -0.2) is 13.2 Å². The van der Waals surface area contributed by atoms with Gasteiger partial charge in [0.1, 0.15) is 11.3 Å². The molecule has 0 radical (unpaired) electrons. The molecule has 0 heterocycles. The van der Waals surface area contributed by atoms with E-state index in [0.29, 0.717) is 25.7 Å². The van der Waals surface area contributed by atoms with Crippen LogP contribution in [0.3, 0.4) is 0 Å². The fraction of sp³-hybridized carbons (Fsp3) is 0.818. The van der Waals surface area contributed by atoms with E-state index in [4.69, 9.17) is 5.11 Å². The van der Waals surface area contributed by atoms with Crippen molar-refractivity contribution >= 4 is 21.7 Å². The molecule has 2 saturated carbocycles. The summed E-state index contributed by atoms with van der Waals surface area (Å²) in [7, 11) is -3.43. The number of aliphatic carboxylic acids is 1. The molecule has 0 saturated heterocycles. The molecule has 2 aliphatic carbocycles. The first-order valence-electron chi connectivity index (χ1n) is 6.12. The summed E-state index contributed by atoms with van der Waals surface area (Å²) in [5, 5.41) is 10.8. The Labute approximate surface area is 106 Å².